The summed E-state index contributed by atoms with van der Waals surface area (Å²) in [7, 11) is 3.15. The monoisotopic (exact) mass is 452 g/mol. The molecule has 0 aromatic heterocycles. The molecule has 1 aromatic rings. The lowest BCUT2D eigenvalue weighted by atomic mass is 10.1. The van der Waals surface area contributed by atoms with Gasteiger partial charge in [-0.2, -0.15) is 0 Å². The van der Waals surface area contributed by atoms with E-state index in [-0.39, 0.29) is 19.0 Å². The molecule has 0 aliphatic carbocycles. The molecule has 0 radical (unpaired) electrons. The van der Waals surface area contributed by atoms with Gasteiger partial charge in [-0.25, -0.2) is 0 Å². The van der Waals surface area contributed by atoms with Crippen molar-refractivity contribution in [1.29, 1.82) is 0 Å². The number of hydrogen-bond acceptors (Lipinski definition) is 8. The Labute approximate surface area is 190 Å². The summed E-state index contributed by atoms with van der Waals surface area (Å²) in [5.41, 5.74) is 0.980. The molecular formula is C23H36N2O7. The zero-order chi connectivity index (χ0) is 23.3. The molecule has 0 bridgehead atoms. The smallest absolute Gasteiger partial charge is 0.305 e. The third kappa shape index (κ3) is 8.20. The summed E-state index contributed by atoms with van der Waals surface area (Å²) in [5.74, 6) is 0.741. The molecule has 1 aliphatic rings. The fourth-order valence-corrected chi connectivity index (χ4v) is 3.71. The van der Waals surface area contributed by atoms with Crippen molar-refractivity contribution in [2.24, 2.45) is 0 Å². The number of rotatable bonds is 14. The van der Waals surface area contributed by atoms with E-state index >= 15 is 0 Å². The Bertz CT molecular complexity index is 733. The summed E-state index contributed by atoms with van der Waals surface area (Å²) in [6.45, 7) is 7.82. The summed E-state index contributed by atoms with van der Waals surface area (Å²) < 4.78 is 21.9. The number of benzene rings is 1. The van der Waals surface area contributed by atoms with E-state index < -0.39 is 5.97 Å². The zero-order valence-electron chi connectivity index (χ0n) is 19.4. The molecule has 0 saturated carbocycles. The van der Waals surface area contributed by atoms with E-state index in [9.17, 15) is 9.59 Å². The van der Waals surface area contributed by atoms with Crippen LogP contribution >= 0.6 is 0 Å². The summed E-state index contributed by atoms with van der Waals surface area (Å²) in [5, 5.41) is 8.86. The number of methoxy groups -OCH3 is 2. The Balaban J connectivity index is 1.92. The van der Waals surface area contributed by atoms with Crippen molar-refractivity contribution in [3.63, 3.8) is 0 Å². The van der Waals surface area contributed by atoms with Crippen LogP contribution in [0.3, 0.4) is 0 Å². The van der Waals surface area contributed by atoms with E-state index in [4.69, 9.17) is 24.1 Å². The minimum absolute atomic E-state index is 0.0553. The fraction of sp³-hybridized carbons (Fsp3) is 0.652. The average molecular weight is 453 g/mol. The number of nitrogens with zero attached hydrogens (tertiary/aromatic N) is 2. The summed E-state index contributed by atoms with van der Waals surface area (Å²) in [4.78, 5) is 27.0. The van der Waals surface area contributed by atoms with Crippen molar-refractivity contribution in [2.75, 3.05) is 60.2 Å². The summed E-state index contributed by atoms with van der Waals surface area (Å²) in [6, 6.07) is 3.84. The molecule has 0 unspecified atom stereocenters. The molecule has 1 saturated heterocycles. The van der Waals surface area contributed by atoms with Gasteiger partial charge in [-0.15, -0.1) is 0 Å². The fourth-order valence-electron chi connectivity index (χ4n) is 3.71. The number of piperazine rings is 1. The molecular weight excluding hydrogens is 416 g/mol. The Morgan fingerprint density at radius 3 is 2.31 bits per heavy atom. The third-order valence-electron chi connectivity index (χ3n) is 5.38. The van der Waals surface area contributed by atoms with Gasteiger partial charge in [0, 0.05) is 51.1 Å². The standard InChI is InChI=1S/C23H36N2O7/c1-4-31-21(28)8-5-11-24-12-14-25(15-13-24)17-18-9-10-19(29-2)23(30-3)22(18)32-16-6-7-20(26)27/h9-10H,4-8,11-17H2,1-3H3,(H,26,27). The largest absolute Gasteiger partial charge is 0.493 e. The van der Waals surface area contributed by atoms with E-state index in [0.29, 0.717) is 43.2 Å². The second-order valence-corrected chi connectivity index (χ2v) is 7.66. The molecule has 0 spiro atoms. The van der Waals surface area contributed by atoms with Gasteiger partial charge in [0.2, 0.25) is 5.75 Å². The second-order valence-electron chi connectivity index (χ2n) is 7.66. The van der Waals surface area contributed by atoms with Gasteiger partial charge >= 0.3 is 11.9 Å². The highest BCUT2D eigenvalue weighted by Crippen LogP contribution is 2.40. The van der Waals surface area contributed by atoms with E-state index in [2.05, 4.69) is 9.80 Å². The molecule has 2 rings (SSSR count). The van der Waals surface area contributed by atoms with Crippen molar-refractivity contribution in [2.45, 2.75) is 39.2 Å². The minimum Gasteiger partial charge on any atom is -0.493 e. The highest BCUT2D eigenvalue weighted by molar-refractivity contribution is 5.69. The van der Waals surface area contributed by atoms with Crippen LogP contribution in [0.15, 0.2) is 12.1 Å². The topological polar surface area (TPSA) is 97.8 Å². The van der Waals surface area contributed by atoms with Crippen molar-refractivity contribution in [3.8, 4) is 17.2 Å². The van der Waals surface area contributed by atoms with E-state index in [1.165, 1.54) is 0 Å². The first-order valence-corrected chi connectivity index (χ1v) is 11.2. The molecule has 1 aromatic carbocycles. The third-order valence-corrected chi connectivity index (χ3v) is 5.38. The van der Waals surface area contributed by atoms with Crippen LogP contribution in [0.2, 0.25) is 0 Å². The number of aliphatic carboxylic acids is 1. The number of hydrogen-bond donors (Lipinski definition) is 1. The number of carbonyl (C=O) groups excluding carboxylic acids is 1. The van der Waals surface area contributed by atoms with Crippen molar-refractivity contribution < 1.29 is 33.6 Å². The summed E-state index contributed by atoms with van der Waals surface area (Å²) >= 11 is 0. The zero-order valence-corrected chi connectivity index (χ0v) is 19.4. The van der Waals surface area contributed by atoms with Gasteiger partial charge in [0.1, 0.15) is 0 Å². The van der Waals surface area contributed by atoms with E-state index in [1.54, 1.807) is 14.2 Å². The molecule has 1 heterocycles. The van der Waals surface area contributed by atoms with Gasteiger partial charge < -0.3 is 29.0 Å². The lowest BCUT2D eigenvalue weighted by molar-refractivity contribution is -0.143. The summed E-state index contributed by atoms with van der Waals surface area (Å²) in [6.07, 6.45) is 1.74. The van der Waals surface area contributed by atoms with Crippen LogP contribution in [0.1, 0.15) is 38.2 Å². The van der Waals surface area contributed by atoms with Crippen LogP contribution in [0, 0.1) is 0 Å². The lowest BCUT2D eigenvalue weighted by Crippen LogP contribution is -2.46. The second kappa shape index (κ2) is 13.8. The van der Waals surface area contributed by atoms with Crippen LogP contribution in [0.4, 0.5) is 0 Å². The molecule has 0 atom stereocenters. The van der Waals surface area contributed by atoms with Gasteiger partial charge in [0.05, 0.1) is 27.4 Å². The lowest BCUT2D eigenvalue weighted by Gasteiger charge is -2.35. The maximum absolute atomic E-state index is 11.5. The first-order valence-electron chi connectivity index (χ1n) is 11.2. The molecule has 180 valence electrons. The molecule has 32 heavy (non-hydrogen) atoms. The van der Waals surface area contributed by atoms with Crippen molar-refractivity contribution in [1.82, 2.24) is 9.80 Å². The molecule has 1 N–H and O–H groups in total. The Morgan fingerprint density at radius 1 is 0.969 bits per heavy atom. The average Bonchev–Trinajstić information content (AvgIpc) is 2.78. The predicted molar refractivity (Wildman–Crippen MR) is 119 cm³/mol. The highest BCUT2D eigenvalue weighted by atomic mass is 16.5. The van der Waals surface area contributed by atoms with Gasteiger partial charge in [-0.05, 0) is 32.4 Å². The molecule has 1 aliphatic heterocycles. The number of esters is 1. The number of carbonyl (C=O) groups is 2. The molecule has 9 nitrogen and oxygen atoms in total. The minimum atomic E-state index is -0.841. The van der Waals surface area contributed by atoms with Gasteiger partial charge in [0.25, 0.3) is 0 Å². The number of carboxylic acid groups (broad SMARTS) is 1. The van der Waals surface area contributed by atoms with Gasteiger partial charge in [0.15, 0.2) is 11.5 Å². The SMILES string of the molecule is CCOC(=O)CCCN1CCN(Cc2ccc(OC)c(OC)c2OCCCC(=O)O)CC1. The van der Waals surface area contributed by atoms with Crippen LogP contribution in [-0.2, 0) is 20.9 Å². The maximum atomic E-state index is 11.5. The van der Waals surface area contributed by atoms with Crippen LogP contribution in [0.5, 0.6) is 17.2 Å². The van der Waals surface area contributed by atoms with Gasteiger partial charge in [-0.3, -0.25) is 14.5 Å². The quantitative estimate of drug-likeness (QED) is 0.337. The predicted octanol–water partition coefficient (Wildman–Crippen LogP) is 2.41. The number of carboxylic acids is 1. The van der Waals surface area contributed by atoms with E-state index in [1.807, 2.05) is 19.1 Å². The van der Waals surface area contributed by atoms with Crippen LogP contribution in [-0.4, -0.2) is 87.0 Å². The maximum Gasteiger partial charge on any atom is 0.305 e. The molecule has 0 amide bonds. The van der Waals surface area contributed by atoms with Gasteiger partial charge in [-0.1, -0.05) is 6.07 Å². The van der Waals surface area contributed by atoms with Crippen LogP contribution < -0.4 is 14.2 Å². The molecule has 1 fully saturated rings. The highest BCUT2D eigenvalue weighted by Gasteiger charge is 2.22. The first kappa shape index (κ1) is 25.7. The van der Waals surface area contributed by atoms with Crippen molar-refractivity contribution >= 4 is 11.9 Å². The molecule has 9 heteroatoms. The Morgan fingerprint density at radius 2 is 1.69 bits per heavy atom. The Hall–Kier alpha value is -2.52. The number of ether oxygens (including phenoxy) is 4. The first-order chi connectivity index (χ1) is 15.5. The van der Waals surface area contributed by atoms with E-state index in [0.717, 1.165) is 44.7 Å². The normalized spacial score (nSPS) is 14.7. The van der Waals surface area contributed by atoms with Crippen molar-refractivity contribution in [3.05, 3.63) is 17.7 Å². The van der Waals surface area contributed by atoms with Crippen LogP contribution in [0.25, 0.3) is 0 Å². The Kier molecular flexibility index (Phi) is 11.1.